The Balaban J connectivity index is 1.81. The summed E-state index contributed by atoms with van der Waals surface area (Å²) in [6.45, 7) is 2.10. The van der Waals surface area contributed by atoms with Gasteiger partial charge in [-0.15, -0.1) is 13.2 Å². The lowest BCUT2D eigenvalue weighted by Gasteiger charge is -2.35. The number of halogens is 5. The fourth-order valence-corrected chi connectivity index (χ4v) is 4.87. The summed E-state index contributed by atoms with van der Waals surface area (Å²) in [4.78, 5) is 0. The molecule has 0 spiro atoms. The van der Waals surface area contributed by atoms with E-state index in [4.69, 9.17) is 0 Å². The number of hydrogen-bond donors (Lipinski definition) is 0. The standard InChI is InChI=1S/C25H23F5O/c1-2-3-5-15-8-10-18-17-6-4-7-21(26)19(17)11-12-20(18)24(15)16-9-13-23(22(27)14-16)31-25(28,29)30/h4,6-7,9,11-15,24H,2-3,5,8,10H2,1H3/t15-,24-/m1/s1. The molecular weight excluding hydrogens is 411 g/mol. The average molecular weight is 434 g/mol. The van der Waals surface area contributed by atoms with E-state index in [1.54, 1.807) is 12.1 Å². The highest BCUT2D eigenvalue weighted by atomic mass is 19.4. The zero-order chi connectivity index (χ0) is 22.2. The van der Waals surface area contributed by atoms with Gasteiger partial charge in [-0.1, -0.05) is 50.1 Å². The van der Waals surface area contributed by atoms with Gasteiger partial charge < -0.3 is 4.74 Å². The molecule has 1 aliphatic rings. The van der Waals surface area contributed by atoms with Crippen molar-refractivity contribution in [2.24, 2.45) is 5.92 Å². The predicted molar refractivity (Wildman–Crippen MR) is 110 cm³/mol. The van der Waals surface area contributed by atoms with Crippen LogP contribution in [0.5, 0.6) is 5.75 Å². The SMILES string of the molecule is CCCC[C@@H]1CCc2c(ccc3c(F)cccc23)[C@H]1c1ccc(OC(F)(F)F)c(F)c1. The van der Waals surface area contributed by atoms with Gasteiger partial charge in [0, 0.05) is 11.3 Å². The molecule has 1 nitrogen and oxygen atoms in total. The number of rotatable bonds is 5. The highest BCUT2D eigenvalue weighted by molar-refractivity contribution is 5.88. The van der Waals surface area contributed by atoms with Gasteiger partial charge in [-0.05, 0) is 65.5 Å². The van der Waals surface area contributed by atoms with Crippen LogP contribution in [0.2, 0.25) is 0 Å². The molecule has 6 heteroatoms. The fourth-order valence-electron chi connectivity index (χ4n) is 4.87. The van der Waals surface area contributed by atoms with Crippen LogP contribution in [0, 0.1) is 17.6 Å². The summed E-state index contributed by atoms with van der Waals surface area (Å²) in [5, 5.41) is 1.39. The Morgan fingerprint density at radius 3 is 2.48 bits per heavy atom. The summed E-state index contributed by atoms with van der Waals surface area (Å²) in [5.41, 5.74) is 2.64. The average Bonchev–Trinajstić information content (AvgIpc) is 2.72. The number of benzene rings is 3. The van der Waals surface area contributed by atoms with E-state index in [0.29, 0.717) is 10.9 Å². The molecule has 3 aromatic carbocycles. The van der Waals surface area contributed by atoms with Crippen molar-refractivity contribution < 1.29 is 26.7 Å². The molecule has 0 heterocycles. The van der Waals surface area contributed by atoms with Crippen molar-refractivity contribution in [2.75, 3.05) is 0 Å². The van der Waals surface area contributed by atoms with Gasteiger partial charge >= 0.3 is 6.36 Å². The molecule has 0 amide bonds. The van der Waals surface area contributed by atoms with Crippen LogP contribution in [-0.4, -0.2) is 6.36 Å². The van der Waals surface area contributed by atoms with E-state index in [0.717, 1.165) is 60.7 Å². The summed E-state index contributed by atoms with van der Waals surface area (Å²) in [7, 11) is 0. The van der Waals surface area contributed by atoms with Gasteiger partial charge in [-0.3, -0.25) is 0 Å². The van der Waals surface area contributed by atoms with Crippen LogP contribution >= 0.6 is 0 Å². The van der Waals surface area contributed by atoms with E-state index in [-0.39, 0.29) is 17.7 Å². The van der Waals surface area contributed by atoms with Crippen molar-refractivity contribution in [2.45, 2.75) is 51.3 Å². The van der Waals surface area contributed by atoms with Crippen LogP contribution in [0.25, 0.3) is 10.8 Å². The first kappa shape index (κ1) is 21.6. The molecule has 0 saturated heterocycles. The molecule has 0 aromatic heterocycles. The normalized spacial score (nSPS) is 18.8. The van der Waals surface area contributed by atoms with E-state index in [9.17, 15) is 22.0 Å². The minimum absolute atomic E-state index is 0.169. The van der Waals surface area contributed by atoms with Crippen LogP contribution in [0.4, 0.5) is 22.0 Å². The maximum atomic E-state index is 14.5. The molecule has 31 heavy (non-hydrogen) atoms. The second-order valence-electron chi connectivity index (χ2n) is 8.12. The van der Waals surface area contributed by atoms with E-state index in [2.05, 4.69) is 11.7 Å². The second kappa shape index (κ2) is 8.48. The fraction of sp³-hybridized carbons (Fsp3) is 0.360. The van der Waals surface area contributed by atoms with Crippen LogP contribution in [0.1, 0.15) is 55.2 Å². The Kier molecular flexibility index (Phi) is 5.91. The van der Waals surface area contributed by atoms with Crippen molar-refractivity contribution >= 4 is 10.8 Å². The molecule has 4 rings (SSSR count). The molecule has 3 aromatic rings. The largest absolute Gasteiger partial charge is 0.573 e. The molecule has 2 atom stereocenters. The lowest BCUT2D eigenvalue weighted by atomic mass is 9.69. The van der Waals surface area contributed by atoms with Gasteiger partial charge in [0.15, 0.2) is 11.6 Å². The molecule has 0 saturated carbocycles. The minimum Gasteiger partial charge on any atom is -0.403 e. The van der Waals surface area contributed by atoms with Gasteiger partial charge in [-0.2, -0.15) is 0 Å². The molecule has 0 aliphatic heterocycles. The third-order valence-corrected chi connectivity index (χ3v) is 6.20. The summed E-state index contributed by atoms with van der Waals surface area (Å²) < 4.78 is 70.2. The van der Waals surface area contributed by atoms with Crippen LogP contribution < -0.4 is 4.74 Å². The number of aryl methyl sites for hydroxylation is 1. The second-order valence-corrected chi connectivity index (χ2v) is 8.12. The zero-order valence-corrected chi connectivity index (χ0v) is 17.1. The van der Waals surface area contributed by atoms with Crippen molar-refractivity contribution in [3.63, 3.8) is 0 Å². The van der Waals surface area contributed by atoms with Gasteiger partial charge in [0.05, 0.1) is 0 Å². The van der Waals surface area contributed by atoms with Gasteiger partial charge in [-0.25, -0.2) is 8.78 Å². The first-order valence-corrected chi connectivity index (χ1v) is 10.5. The number of hydrogen-bond acceptors (Lipinski definition) is 1. The van der Waals surface area contributed by atoms with Crippen molar-refractivity contribution in [3.05, 3.63) is 76.9 Å². The summed E-state index contributed by atoms with van der Waals surface area (Å²) in [6, 6.07) is 12.3. The third kappa shape index (κ3) is 4.39. The maximum absolute atomic E-state index is 14.5. The highest BCUT2D eigenvalue weighted by Gasteiger charge is 2.34. The number of unbranched alkanes of at least 4 members (excludes halogenated alkanes) is 1. The van der Waals surface area contributed by atoms with E-state index in [1.165, 1.54) is 12.1 Å². The number of alkyl halides is 3. The molecule has 0 unspecified atom stereocenters. The summed E-state index contributed by atoms with van der Waals surface area (Å²) >= 11 is 0. The number of ether oxygens (including phenoxy) is 1. The lowest BCUT2D eigenvalue weighted by molar-refractivity contribution is -0.275. The Labute approximate surface area is 177 Å². The monoisotopic (exact) mass is 434 g/mol. The maximum Gasteiger partial charge on any atom is 0.573 e. The van der Waals surface area contributed by atoms with Crippen LogP contribution in [-0.2, 0) is 6.42 Å². The quantitative estimate of drug-likeness (QED) is 0.371. The molecule has 0 bridgehead atoms. The van der Waals surface area contributed by atoms with Gasteiger partial charge in [0.2, 0.25) is 0 Å². The molecule has 0 radical (unpaired) electrons. The topological polar surface area (TPSA) is 9.23 Å². The Morgan fingerprint density at radius 2 is 1.77 bits per heavy atom. The molecule has 164 valence electrons. The molecule has 0 N–H and O–H groups in total. The van der Waals surface area contributed by atoms with E-state index < -0.39 is 17.9 Å². The van der Waals surface area contributed by atoms with Gasteiger partial charge in [0.1, 0.15) is 5.82 Å². The van der Waals surface area contributed by atoms with E-state index in [1.807, 2.05) is 12.1 Å². The zero-order valence-electron chi connectivity index (χ0n) is 17.1. The lowest BCUT2D eigenvalue weighted by Crippen LogP contribution is -2.23. The molecule has 0 fully saturated rings. The molecular formula is C25H23F5O. The number of fused-ring (bicyclic) bond motifs is 3. The first-order valence-electron chi connectivity index (χ1n) is 10.5. The minimum atomic E-state index is -4.95. The molecule has 1 aliphatic carbocycles. The highest BCUT2D eigenvalue weighted by Crippen LogP contribution is 2.46. The van der Waals surface area contributed by atoms with Crippen LogP contribution in [0.3, 0.4) is 0 Å². The van der Waals surface area contributed by atoms with E-state index >= 15 is 0 Å². The van der Waals surface area contributed by atoms with Gasteiger partial charge in [0.25, 0.3) is 0 Å². The Hall–Kier alpha value is -2.63. The smallest absolute Gasteiger partial charge is 0.403 e. The third-order valence-electron chi connectivity index (χ3n) is 6.20. The Morgan fingerprint density at radius 1 is 0.968 bits per heavy atom. The summed E-state index contributed by atoms with van der Waals surface area (Å²) in [6.07, 6.45) is -0.340. The first-order chi connectivity index (χ1) is 14.8. The summed E-state index contributed by atoms with van der Waals surface area (Å²) in [5.74, 6) is -2.10. The van der Waals surface area contributed by atoms with Crippen molar-refractivity contribution in [1.29, 1.82) is 0 Å². The van der Waals surface area contributed by atoms with Crippen molar-refractivity contribution in [3.8, 4) is 5.75 Å². The Bertz CT molecular complexity index is 1090. The van der Waals surface area contributed by atoms with Crippen LogP contribution in [0.15, 0.2) is 48.5 Å². The predicted octanol–water partition coefficient (Wildman–Crippen LogP) is 7.90. The van der Waals surface area contributed by atoms with Crippen molar-refractivity contribution in [1.82, 2.24) is 0 Å².